The Morgan fingerprint density at radius 3 is 2.58 bits per heavy atom. The van der Waals surface area contributed by atoms with Crippen molar-refractivity contribution in [1.82, 2.24) is 5.43 Å². The van der Waals surface area contributed by atoms with Gasteiger partial charge in [0.15, 0.2) is 11.5 Å². The Morgan fingerprint density at radius 1 is 1.21 bits per heavy atom. The molecule has 124 valence electrons. The highest BCUT2D eigenvalue weighted by atomic mass is 16.5. The largest absolute Gasteiger partial charge is 0.504 e. The molecule has 0 aliphatic heterocycles. The number of hydrazone groups is 1. The van der Waals surface area contributed by atoms with Gasteiger partial charge in [0, 0.05) is 6.08 Å². The molecule has 0 aliphatic rings. The Morgan fingerprint density at radius 2 is 1.92 bits per heavy atom. The number of carbonyl (C=O) groups excluding carboxylic acids is 1. The van der Waals surface area contributed by atoms with Crippen molar-refractivity contribution in [2.24, 2.45) is 5.10 Å². The Hall–Kier alpha value is -3.08. The van der Waals surface area contributed by atoms with Crippen LogP contribution in [0.3, 0.4) is 0 Å². The van der Waals surface area contributed by atoms with Gasteiger partial charge in [-0.15, -0.1) is 0 Å². The summed E-state index contributed by atoms with van der Waals surface area (Å²) >= 11 is 0. The molecule has 0 saturated heterocycles. The predicted molar refractivity (Wildman–Crippen MR) is 95.2 cm³/mol. The number of phenols is 1. The van der Waals surface area contributed by atoms with E-state index in [9.17, 15) is 9.90 Å². The van der Waals surface area contributed by atoms with Crippen LogP contribution in [0.15, 0.2) is 53.6 Å². The average molecular weight is 324 g/mol. The molecule has 0 unspecified atom stereocenters. The second kappa shape index (κ2) is 8.53. The molecule has 0 saturated carbocycles. The van der Waals surface area contributed by atoms with E-state index in [2.05, 4.69) is 17.5 Å². The third kappa shape index (κ3) is 4.98. The van der Waals surface area contributed by atoms with E-state index in [0.717, 1.165) is 17.5 Å². The highest BCUT2D eigenvalue weighted by molar-refractivity contribution is 5.92. The van der Waals surface area contributed by atoms with Crippen LogP contribution in [0, 0.1) is 0 Å². The van der Waals surface area contributed by atoms with Gasteiger partial charge in [0.2, 0.25) is 0 Å². The first-order valence-corrected chi connectivity index (χ1v) is 7.59. The number of nitrogens with one attached hydrogen (secondary N) is 1. The van der Waals surface area contributed by atoms with E-state index in [1.54, 1.807) is 24.4 Å². The molecule has 0 aromatic heterocycles. The minimum atomic E-state index is -0.344. The van der Waals surface area contributed by atoms with Gasteiger partial charge in [-0.2, -0.15) is 5.10 Å². The summed E-state index contributed by atoms with van der Waals surface area (Å²) in [5.41, 5.74) is 5.34. The van der Waals surface area contributed by atoms with Crippen molar-refractivity contribution < 1.29 is 14.6 Å². The van der Waals surface area contributed by atoms with Crippen LogP contribution in [-0.2, 0) is 11.2 Å². The lowest BCUT2D eigenvalue weighted by Crippen LogP contribution is -2.14. The van der Waals surface area contributed by atoms with Gasteiger partial charge < -0.3 is 9.84 Å². The number of aromatic hydroxyl groups is 1. The summed E-state index contributed by atoms with van der Waals surface area (Å²) in [4.78, 5) is 11.7. The maximum absolute atomic E-state index is 11.7. The molecule has 0 fully saturated rings. The zero-order valence-corrected chi connectivity index (χ0v) is 13.7. The van der Waals surface area contributed by atoms with Crippen LogP contribution >= 0.6 is 0 Å². The highest BCUT2D eigenvalue weighted by Gasteiger charge is 2.01. The van der Waals surface area contributed by atoms with Gasteiger partial charge in [-0.1, -0.05) is 37.3 Å². The first-order valence-electron chi connectivity index (χ1n) is 7.59. The smallest absolute Gasteiger partial charge is 0.264 e. The zero-order chi connectivity index (χ0) is 17.4. The van der Waals surface area contributed by atoms with Gasteiger partial charge in [-0.3, -0.25) is 4.79 Å². The predicted octanol–water partition coefficient (Wildman–Crippen LogP) is 3.13. The monoisotopic (exact) mass is 324 g/mol. The van der Waals surface area contributed by atoms with Crippen LogP contribution in [0.5, 0.6) is 11.5 Å². The Bertz CT molecular complexity index is 750. The molecule has 0 heterocycles. The number of amides is 1. The summed E-state index contributed by atoms with van der Waals surface area (Å²) in [6.45, 7) is 2.10. The summed E-state index contributed by atoms with van der Waals surface area (Å²) in [7, 11) is 1.47. The number of aryl methyl sites for hydroxylation is 1. The summed E-state index contributed by atoms with van der Waals surface area (Å²) in [5, 5.41) is 13.4. The summed E-state index contributed by atoms with van der Waals surface area (Å²) in [6, 6.07) is 12.8. The van der Waals surface area contributed by atoms with Crippen LogP contribution in [0.1, 0.15) is 23.6 Å². The first kappa shape index (κ1) is 17.3. The fourth-order valence-corrected chi connectivity index (χ4v) is 2.02. The molecule has 1 amide bonds. The molecule has 24 heavy (non-hydrogen) atoms. The van der Waals surface area contributed by atoms with Gasteiger partial charge in [0.05, 0.1) is 13.3 Å². The third-order valence-corrected chi connectivity index (χ3v) is 3.41. The number of methoxy groups -OCH3 is 1. The fourth-order valence-electron chi connectivity index (χ4n) is 2.02. The molecule has 2 aromatic rings. The van der Waals surface area contributed by atoms with Crippen LogP contribution in [-0.4, -0.2) is 24.3 Å². The second-order valence-electron chi connectivity index (χ2n) is 5.09. The van der Waals surface area contributed by atoms with Crippen LogP contribution in [0.2, 0.25) is 0 Å². The van der Waals surface area contributed by atoms with Crippen molar-refractivity contribution >= 4 is 18.2 Å². The van der Waals surface area contributed by atoms with Gasteiger partial charge >= 0.3 is 0 Å². The second-order valence-corrected chi connectivity index (χ2v) is 5.09. The number of phenolic OH excluding ortho intramolecular Hbond substituents is 1. The summed E-state index contributed by atoms with van der Waals surface area (Å²) in [6.07, 6.45) is 5.56. The normalized spacial score (nSPS) is 11.1. The number of rotatable bonds is 6. The highest BCUT2D eigenvalue weighted by Crippen LogP contribution is 2.26. The van der Waals surface area contributed by atoms with Gasteiger partial charge in [-0.05, 0) is 41.3 Å². The molecule has 2 rings (SSSR count). The van der Waals surface area contributed by atoms with E-state index in [0.29, 0.717) is 5.75 Å². The SMILES string of the molecule is CCc1ccc(/C=N/NC(=O)/C=C/c2ccc(O)c(OC)c2)cc1. The van der Waals surface area contributed by atoms with E-state index in [1.165, 1.54) is 24.8 Å². The van der Waals surface area contributed by atoms with E-state index in [1.807, 2.05) is 24.3 Å². The minimum Gasteiger partial charge on any atom is -0.504 e. The lowest BCUT2D eigenvalue weighted by atomic mass is 10.1. The maximum atomic E-state index is 11.7. The molecule has 2 aromatic carbocycles. The minimum absolute atomic E-state index is 0.0535. The quantitative estimate of drug-likeness (QED) is 0.487. The Balaban J connectivity index is 1.91. The first-order chi connectivity index (χ1) is 11.6. The topological polar surface area (TPSA) is 70.9 Å². The summed E-state index contributed by atoms with van der Waals surface area (Å²) in [5.74, 6) is 0.0624. The Kier molecular flexibility index (Phi) is 6.14. The number of nitrogens with zero attached hydrogens (tertiary/aromatic N) is 1. The van der Waals surface area contributed by atoms with Crippen molar-refractivity contribution in [2.45, 2.75) is 13.3 Å². The van der Waals surface area contributed by atoms with Gasteiger partial charge in [0.1, 0.15) is 0 Å². The van der Waals surface area contributed by atoms with E-state index >= 15 is 0 Å². The molecule has 0 aliphatic carbocycles. The lowest BCUT2D eigenvalue weighted by molar-refractivity contribution is -0.116. The van der Waals surface area contributed by atoms with Crippen molar-refractivity contribution in [3.8, 4) is 11.5 Å². The van der Waals surface area contributed by atoms with Gasteiger partial charge in [0.25, 0.3) is 5.91 Å². The van der Waals surface area contributed by atoms with Gasteiger partial charge in [-0.25, -0.2) is 5.43 Å². The zero-order valence-electron chi connectivity index (χ0n) is 13.7. The number of hydrogen-bond donors (Lipinski definition) is 2. The summed E-state index contributed by atoms with van der Waals surface area (Å²) < 4.78 is 5.01. The van der Waals surface area contributed by atoms with Crippen LogP contribution < -0.4 is 10.2 Å². The van der Waals surface area contributed by atoms with Crippen LogP contribution in [0.4, 0.5) is 0 Å². The van der Waals surface area contributed by atoms with Crippen molar-refractivity contribution in [3.05, 3.63) is 65.2 Å². The third-order valence-electron chi connectivity index (χ3n) is 3.41. The maximum Gasteiger partial charge on any atom is 0.264 e. The molecule has 0 bridgehead atoms. The van der Waals surface area contributed by atoms with Crippen molar-refractivity contribution in [3.63, 3.8) is 0 Å². The van der Waals surface area contributed by atoms with Crippen molar-refractivity contribution in [1.29, 1.82) is 0 Å². The molecule has 2 N–H and O–H groups in total. The number of carbonyl (C=O) groups is 1. The van der Waals surface area contributed by atoms with E-state index in [-0.39, 0.29) is 11.7 Å². The molecule has 5 heteroatoms. The molecule has 0 spiro atoms. The molecule has 5 nitrogen and oxygen atoms in total. The molecular weight excluding hydrogens is 304 g/mol. The Labute approximate surface area is 141 Å². The molecular formula is C19H20N2O3. The number of hydrogen-bond acceptors (Lipinski definition) is 4. The van der Waals surface area contributed by atoms with Crippen molar-refractivity contribution in [2.75, 3.05) is 7.11 Å². The van der Waals surface area contributed by atoms with E-state index < -0.39 is 0 Å². The number of ether oxygens (including phenoxy) is 1. The average Bonchev–Trinajstić information content (AvgIpc) is 2.61. The molecule has 0 radical (unpaired) electrons. The molecule has 0 atom stereocenters. The fraction of sp³-hybridized carbons (Fsp3) is 0.158. The number of benzene rings is 2. The lowest BCUT2D eigenvalue weighted by Gasteiger charge is -2.03. The standard InChI is InChI=1S/C19H20N2O3/c1-3-14-4-6-16(7-5-14)13-20-21-19(23)11-9-15-8-10-17(22)18(12-15)24-2/h4-13,22H,3H2,1-2H3,(H,21,23)/b11-9+,20-13+. The van der Waals surface area contributed by atoms with Crippen LogP contribution in [0.25, 0.3) is 6.08 Å². The van der Waals surface area contributed by atoms with E-state index in [4.69, 9.17) is 4.74 Å².